The van der Waals surface area contributed by atoms with Crippen LogP contribution in [-0.2, 0) is 12.7 Å². The third-order valence-corrected chi connectivity index (χ3v) is 2.58. The van der Waals surface area contributed by atoms with E-state index in [4.69, 9.17) is 12.2 Å². The van der Waals surface area contributed by atoms with Crippen molar-refractivity contribution in [2.24, 2.45) is 0 Å². The highest BCUT2D eigenvalue weighted by Crippen LogP contribution is 2.29. The molecule has 0 spiro atoms. The van der Waals surface area contributed by atoms with E-state index < -0.39 is 11.7 Å². The molecule has 0 atom stereocenters. The van der Waals surface area contributed by atoms with Crippen molar-refractivity contribution < 1.29 is 13.2 Å². The second kappa shape index (κ2) is 4.33. The summed E-state index contributed by atoms with van der Waals surface area (Å²) in [7, 11) is 0. The first-order valence-corrected chi connectivity index (χ1v) is 5.13. The molecule has 90 valence electrons. The number of halogens is 3. The number of H-pyrrole nitrogens is 1. The summed E-state index contributed by atoms with van der Waals surface area (Å²) in [4.78, 5) is 0. The van der Waals surface area contributed by atoms with E-state index in [1.54, 1.807) is 4.57 Å². The lowest BCUT2D eigenvalue weighted by Gasteiger charge is -2.07. The number of nitrogens with one attached hydrogen (secondary N) is 1. The van der Waals surface area contributed by atoms with Gasteiger partial charge in [0.2, 0.25) is 0 Å². The zero-order chi connectivity index (χ0) is 12.5. The third-order valence-electron chi connectivity index (χ3n) is 2.25. The quantitative estimate of drug-likeness (QED) is 0.841. The Kier molecular flexibility index (Phi) is 3.01. The highest BCUT2D eigenvalue weighted by atomic mass is 32.1. The van der Waals surface area contributed by atoms with Crippen LogP contribution in [-0.4, -0.2) is 14.8 Å². The van der Waals surface area contributed by atoms with Gasteiger partial charge in [0.15, 0.2) is 4.77 Å². The molecule has 0 saturated carbocycles. The van der Waals surface area contributed by atoms with Gasteiger partial charge >= 0.3 is 6.18 Å². The lowest BCUT2D eigenvalue weighted by molar-refractivity contribution is -0.137. The predicted octanol–water partition coefficient (Wildman–Crippen LogP) is 3.01. The third kappa shape index (κ3) is 2.73. The van der Waals surface area contributed by atoms with E-state index in [9.17, 15) is 13.2 Å². The first kappa shape index (κ1) is 11.8. The normalized spacial score (nSPS) is 11.7. The van der Waals surface area contributed by atoms with Gasteiger partial charge in [-0.05, 0) is 29.9 Å². The zero-order valence-electron chi connectivity index (χ0n) is 8.53. The predicted molar refractivity (Wildman–Crippen MR) is 58.0 cm³/mol. The molecule has 0 aliphatic carbocycles. The number of rotatable bonds is 2. The Morgan fingerprint density at radius 2 is 1.88 bits per heavy atom. The summed E-state index contributed by atoms with van der Waals surface area (Å²) < 4.78 is 39.0. The lowest BCUT2D eigenvalue weighted by atomic mass is 10.1. The van der Waals surface area contributed by atoms with Crippen molar-refractivity contribution in [3.05, 3.63) is 46.5 Å². The van der Waals surface area contributed by atoms with E-state index in [1.807, 2.05) is 0 Å². The molecule has 0 aliphatic heterocycles. The zero-order valence-corrected chi connectivity index (χ0v) is 9.35. The van der Waals surface area contributed by atoms with Crippen molar-refractivity contribution in [2.45, 2.75) is 12.7 Å². The molecule has 2 aromatic rings. The maximum atomic E-state index is 12.3. The van der Waals surface area contributed by atoms with Crippen molar-refractivity contribution in [3.63, 3.8) is 0 Å². The Labute approximate surface area is 99.9 Å². The minimum Gasteiger partial charge on any atom is -0.302 e. The van der Waals surface area contributed by atoms with E-state index in [0.29, 0.717) is 11.3 Å². The Bertz CT molecular complexity index is 553. The van der Waals surface area contributed by atoms with Crippen LogP contribution < -0.4 is 0 Å². The molecular weight excluding hydrogens is 251 g/mol. The number of benzene rings is 1. The van der Waals surface area contributed by atoms with Gasteiger partial charge in [-0.1, -0.05) is 12.1 Å². The topological polar surface area (TPSA) is 33.6 Å². The number of aromatic nitrogens is 3. The molecule has 7 heteroatoms. The Morgan fingerprint density at radius 1 is 1.24 bits per heavy atom. The monoisotopic (exact) mass is 259 g/mol. The molecule has 0 bridgehead atoms. The molecule has 1 heterocycles. The van der Waals surface area contributed by atoms with Gasteiger partial charge in [0, 0.05) is 0 Å². The van der Waals surface area contributed by atoms with Gasteiger partial charge in [0.1, 0.15) is 6.33 Å². The molecule has 17 heavy (non-hydrogen) atoms. The molecule has 0 saturated heterocycles. The van der Waals surface area contributed by atoms with Crippen molar-refractivity contribution in [1.82, 2.24) is 14.8 Å². The molecular formula is C10H8F3N3S. The SMILES string of the molecule is FC(F)(F)c1ccc(Cn2cn[nH]c2=S)cc1. The van der Waals surface area contributed by atoms with Crippen LogP contribution in [0.3, 0.4) is 0 Å². The molecule has 0 unspecified atom stereocenters. The second-order valence-corrected chi connectivity index (χ2v) is 3.87. The minimum absolute atomic E-state index is 0.396. The molecule has 1 aromatic carbocycles. The fraction of sp³-hybridized carbons (Fsp3) is 0.200. The summed E-state index contributed by atoms with van der Waals surface area (Å²) in [6.07, 6.45) is -2.80. The molecule has 2 rings (SSSR count). The van der Waals surface area contributed by atoms with E-state index in [-0.39, 0.29) is 0 Å². The highest BCUT2D eigenvalue weighted by Gasteiger charge is 2.29. The van der Waals surface area contributed by atoms with Gasteiger partial charge in [-0.3, -0.25) is 5.10 Å². The van der Waals surface area contributed by atoms with Gasteiger partial charge in [0.25, 0.3) is 0 Å². The van der Waals surface area contributed by atoms with E-state index in [0.717, 1.165) is 17.7 Å². The van der Waals surface area contributed by atoms with Crippen LogP contribution in [0.4, 0.5) is 13.2 Å². The lowest BCUT2D eigenvalue weighted by Crippen LogP contribution is -2.05. The first-order valence-electron chi connectivity index (χ1n) is 4.73. The summed E-state index contributed by atoms with van der Waals surface area (Å²) >= 11 is 4.93. The van der Waals surface area contributed by atoms with Crippen LogP contribution in [0.5, 0.6) is 0 Å². The summed E-state index contributed by atoms with van der Waals surface area (Å²) in [5, 5.41) is 6.30. The number of hydrogen-bond donors (Lipinski definition) is 1. The average molecular weight is 259 g/mol. The second-order valence-electron chi connectivity index (χ2n) is 3.48. The van der Waals surface area contributed by atoms with Gasteiger partial charge in [-0.15, -0.1) is 0 Å². The molecule has 3 nitrogen and oxygen atoms in total. The van der Waals surface area contributed by atoms with Gasteiger partial charge in [0.05, 0.1) is 12.1 Å². The molecule has 0 fully saturated rings. The molecule has 0 aliphatic rings. The smallest absolute Gasteiger partial charge is 0.302 e. The van der Waals surface area contributed by atoms with Gasteiger partial charge < -0.3 is 4.57 Å². The average Bonchev–Trinajstić information content (AvgIpc) is 2.64. The van der Waals surface area contributed by atoms with Crippen molar-refractivity contribution in [2.75, 3.05) is 0 Å². The van der Waals surface area contributed by atoms with Crippen LogP contribution >= 0.6 is 12.2 Å². The van der Waals surface area contributed by atoms with E-state index in [1.165, 1.54) is 18.5 Å². The summed E-state index contributed by atoms with van der Waals surface area (Å²) in [6, 6.07) is 4.97. The van der Waals surface area contributed by atoms with Crippen LogP contribution in [0.25, 0.3) is 0 Å². The van der Waals surface area contributed by atoms with Crippen LogP contribution in [0.2, 0.25) is 0 Å². The standard InChI is InChI=1S/C10H8F3N3S/c11-10(12,13)8-3-1-7(2-4-8)5-16-6-14-15-9(16)17/h1-4,6H,5H2,(H,15,17). The molecule has 1 aromatic heterocycles. The van der Waals surface area contributed by atoms with Gasteiger partial charge in [-0.25, -0.2) is 0 Å². The van der Waals surface area contributed by atoms with E-state index in [2.05, 4.69) is 10.2 Å². The van der Waals surface area contributed by atoms with Crippen LogP contribution in [0.15, 0.2) is 30.6 Å². The number of hydrogen-bond acceptors (Lipinski definition) is 2. The van der Waals surface area contributed by atoms with Gasteiger partial charge in [-0.2, -0.15) is 18.3 Å². The number of nitrogens with zero attached hydrogens (tertiary/aromatic N) is 2. The maximum absolute atomic E-state index is 12.3. The fourth-order valence-electron chi connectivity index (χ4n) is 1.38. The molecule has 0 radical (unpaired) electrons. The highest BCUT2D eigenvalue weighted by molar-refractivity contribution is 7.71. The first-order chi connectivity index (χ1) is 7.97. The van der Waals surface area contributed by atoms with Crippen molar-refractivity contribution in [3.8, 4) is 0 Å². The van der Waals surface area contributed by atoms with Crippen molar-refractivity contribution in [1.29, 1.82) is 0 Å². The fourth-order valence-corrected chi connectivity index (χ4v) is 1.54. The Hall–Kier alpha value is -1.63. The molecule has 1 N–H and O–H groups in total. The molecule has 0 amide bonds. The summed E-state index contributed by atoms with van der Waals surface area (Å²) in [5.74, 6) is 0. The van der Waals surface area contributed by atoms with E-state index >= 15 is 0 Å². The Balaban J connectivity index is 2.20. The van der Waals surface area contributed by atoms with Crippen molar-refractivity contribution >= 4 is 12.2 Å². The summed E-state index contributed by atoms with van der Waals surface area (Å²) in [6.45, 7) is 0.396. The van der Waals surface area contributed by atoms with Crippen LogP contribution in [0.1, 0.15) is 11.1 Å². The largest absolute Gasteiger partial charge is 0.416 e. The Morgan fingerprint density at radius 3 is 2.35 bits per heavy atom. The summed E-state index contributed by atoms with van der Waals surface area (Å²) in [5.41, 5.74) is 0.0764. The van der Waals surface area contributed by atoms with Crippen LogP contribution in [0, 0.1) is 4.77 Å². The minimum atomic E-state index is -4.30. The maximum Gasteiger partial charge on any atom is 0.416 e. The number of alkyl halides is 3. The number of aromatic amines is 1.